The zero-order chi connectivity index (χ0) is 13.5. The summed E-state index contributed by atoms with van der Waals surface area (Å²) in [6, 6.07) is 3.89. The van der Waals surface area contributed by atoms with E-state index < -0.39 is 0 Å². The number of carbonyl (C=O) groups is 1. The lowest BCUT2D eigenvalue weighted by atomic mass is 10.2. The molecule has 1 atom stereocenters. The molecule has 102 valence electrons. The van der Waals surface area contributed by atoms with Gasteiger partial charge in [-0.25, -0.2) is 0 Å². The molecule has 1 amide bonds. The number of rotatable bonds is 7. The minimum absolute atomic E-state index is 0.0871. The van der Waals surface area contributed by atoms with Gasteiger partial charge in [-0.1, -0.05) is 13.8 Å². The first kappa shape index (κ1) is 15.2. The van der Waals surface area contributed by atoms with Gasteiger partial charge in [0, 0.05) is 19.5 Å². The zero-order valence-electron chi connectivity index (χ0n) is 11.1. The number of furan rings is 1. The normalized spacial score (nSPS) is 12.7. The Morgan fingerprint density at radius 2 is 2.11 bits per heavy atom. The van der Waals surface area contributed by atoms with E-state index in [1.165, 1.54) is 0 Å². The highest BCUT2D eigenvalue weighted by molar-refractivity contribution is 9.10. The van der Waals surface area contributed by atoms with Crippen LogP contribution in [0.1, 0.15) is 39.0 Å². The molecule has 0 saturated heterocycles. The third kappa shape index (κ3) is 5.69. The smallest absolute Gasteiger partial charge is 0.221 e. The Morgan fingerprint density at radius 3 is 2.67 bits per heavy atom. The zero-order valence-corrected chi connectivity index (χ0v) is 12.7. The van der Waals surface area contributed by atoms with Crippen LogP contribution in [0.3, 0.4) is 0 Å². The third-order valence-electron chi connectivity index (χ3n) is 2.53. The van der Waals surface area contributed by atoms with Crippen LogP contribution in [-0.2, 0) is 4.79 Å². The molecule has 1 aromatic rings. The van der Waals surface area contributed by atoms with Crippen molar-refractivity contribution >= 4 is 21.8 Å². The van der Waals surface area contributed by atoms with E-state index >= 15 is 0 Å². The Bertz CT molecular complexity index is 377. The van der Waals surface area contributed by atoms with Crippen LogP contribution in [0.5, 0.6) is 0 Å². The summed E-state index contributed by atoms with van der Waals surface area (Å²) in [4.78, 5) is 11.5. The molecule has 0 aliphatic rings. The van der Waals surface area contributed by atoms with Crippen LogP contribution >= 0.6 is 15.9 Å². The van der Waals surface area contributed by atoms with Crippen molar-refractivity contribution in [3.8, 4) is 0 Å². The maximum atomic E-state index is 11.5. The first-order valence-electron chi connectivity index (χ1n) is 6.24. The Hall–Kier alpha value is -0.810. The van der Waals surface area contributed by atoms with E-state index in [4.69, 9.17) is 4.42 Å². The van der Waals surface area contributed by atoms with Gasteiger partial charge in [-0.05, 0) is 40.9 Å². The predicted octanol–water partition coefficient (Wildman–Crippen LogP) is 2.86. The summed E-state index contributed by atoms with van der Waals surface area (Å²) in [5.41, 5.74) is 0. The highest BCUT2D eigenvalue weighted by atomic mass is 79.9. The second kappa shape index (κ2) is 7.59. The standard InChI is InChI=1S/C13H21BrN2O2/c1-9(2)8-16-13(17)6-7-15-10(3)11-4-5-12(14)18-11/h4-5,9-10,15H,6-8H2,1-3H3,(H,16,17). The maximum Gasteiger partial charge on any atom is 0.221 e. The van der Waals surface area contributed by atoms with Gasteiger partial charge in [0.1, 0.15) is 5.76 Å². The van der Waals surface area contributed by atoms with Crippen LogP contribution in [0.2, 0.25) is 0 Å². The van der Waals surface area contributed by atoms with E-state index in [2.05, 4.69) is 40.4 Å². The van der Waals surface area contributed by atoms with Crippen LogP contribution < -0.4 is 10.6 Å². The van der Waals surface area contributed by atoms with E-state index in [-0.39, 0.29) is 11.9 Å². The molecule has 0 aliphatic carbocycles. The summed E-state index contributed by atoms with van der Waals surface area (Å²) in [7, 11) is 0. The first-order chi connectivity index (χ1) is 8.49. The molecule has 5 heteroatoms. The number of hydrogen-bond donors (Lipinski definition) is 2. The van der Waals surface area contributed by atoms with Gasteiger partial charge in [-0.3, -0.25) is 4.79 Å². The fourth-order valence-electron chi connectivity index (χ4n) is 1.47. The van der Waals surface area contributed by atoms with E-state index in [0.717, 1.165) is 17.0 Å². The molecule has 1 aromatic heterocycles. The molecule has 1 rings (SSSR count). The molecule has 0 fully saturated rings. The van der Waals surface area contributed by atoms with Crippen molar-refractivity contribution in [2.75, 3.05) is 13.1 Å². The highest BCUT2D eigenvalue weighted by Crippen LogP contribution is 2.19. The summed E-state index contributed by atoms with van der Waals surface area (Å²) >= 11 is 3.27. The number of halogens is 1. The van der Waals surface area contributed by atoms with Crippen molar-refractivity contribution in [2.24, 2.45) is 5.92 Å². The summed E-state index contributed by atoms with van der Waals surface area (Å²) in [6.07, 6.45) is 0.485. The molecule has 1 unspecified atom stereocenters. The lowest BCUT2D eigenvalue weighted by Crippen LogP contribution is -2.31. The minimum atomic E-state index is 0.0871. The molecule has 18 heavy (non-hydrogen) atoms. The molecule has 0 aliphatic heterocycles. The summed E-state index contributed by atoms with van der Waals surface area (Å²) in [5, 5.41) is 6.15. The molecule has 1 heterocycles. The molecule has 0 radical (unpaired) electrons. The molecule has 0 spiro atoms. The van der Waals surface area contributed by atoms with Gasteiger partial charge in [0.05, 0.1) is 6.04 Å². The van der Waals surface area contributed by atoms with Gasteiger partial charge in [0.2, 0.25) is 5.91 Å². The largest absolute Gasteiger partial charge is 0.453 e. The van der Waals surface area contributed by atoms with Crippen LogP contribution in [-0.4, -0.2) is 19.0 Å². The number of amides is 1. The average molecular weight is 317 g/mol. The summed E-state index contributed by atoms with van der Waals surface area (Å²) in [5.74, 6) is 1.44. The number of hydrogen-bond acceptors (Lipinski definition) is 3. The predicted molar refractivity (Wildman–Crippen MR) is 75.3 cm³/mol. The Morgan fingerprint density at radius 1 is 1.39 bits per heavy atom. The lowest BCUT2D eigenvalue weighted by molar-refractivity contribution is -0.121. The number of nitrogens with one attached hydrogen (secondary N) is 2. The first-order valence-corrected chi connectivity index (χ1v) is 7.03. The van der Waals surface area contributed by atoms with Crippen LogP contribution in [0.25, 0.3) is 0 Å². The van der Waals surface area contributed by atoms with Crippen molar-refractivity contribution in [3.63, 3.8) is 0 Å². The monoisotopic (exact) mass is 316 g/mol. The van der Waals surface area contributed by atoms with E-state index in [0.29, 0.717) is 18.9 Å². The summed E-state index contributed by atoms with van der Waals surface area (Å²) < 4.78 is 6.16. The second-order valence-electron chi connectivity index (χ2n) is 4.77. The molecule has 0 bridgehead atoms. The molecule has 2 N–H and O–H groups in total. The van der Waals surface area contributed by atoms with Gasteiger partial charge in [0.15, 0.2) is 4.67 Å². The highest BCUT2D eigenvalue weighted by Gasteiger charge is 2.09. The van der Waals surface area contributed by atoms with E-state index in [1.807, 2.05) is 19.1 Å². The van der Waals surface area contributed by atoms with Gasteiger partial charge in [-0.2, -0.15) is 0 Å². The minimum Gasteiger partial charge on any atom is -0.453 e. The quantitative estimate of drug-likeness (QED) is 0.813. The van der Waals surface area contributed by atoms with Gasteiger partial charge in [-0.15, -0.1) is 0 Å². The molecular weight excluding hydrogens is 296 g/mol. The molecule has 4 nitrogen and oxygen atoms in total. The lowest BCUT2D eigenvalue weighted by Gasteiger charge is -2.11. The Kier molecular flexibility index (Phi) is 6.43. The van der Waals surface area contributed by atoms with Crippen molar-refractivity contribution in [1.29, 1.82) is 0 Å². The van der Waals surface area contributed by atoms with Gasteiger partial charge in [0.25, 0.3) is 0 Å². The molecule has 0 saturated carbocycles. The number of carbonyl (C=O) groups excluding carboxylic acids is 1. The maximum absolute atomic E-state index is 11.5. The van der Waals surface area contributed by atoms with Crippen LogP contribution in [0.15, 0.2) is 21.2 Å². The van der Waals surface area contributed by atoms with E-state index in [9.17, 15) is 4.79 Å². The van der Waals surface area contributed by atoms with Crippen molar-refractivity contribution in [1.82, 2.24) is 10.6 Å². The van der Waals surface area contributed by atoms with Gasteiger partial charge < -0.3 is 15.1 Å². The SMILES string of the molecule is CC(C)CNC(=O)CCNC(C)c1ccc(Br)o1. The van der Waals surface area contributed by atoms with E-state index in [1.54, 1.807) is 0 Å². The fraction of sp³-hybridized carbons (Fsp3) is 0.615. The fourth-order valence-corrected chi connectivity index (χ4v) is 1.79. The van der Waals surface area contributed by atoms with Crippen LogP contribution in [0, 0.1) is 5.92 Å². The van der Waals surface area contributed by atoms with Crippen molar-refractivity contribution in [3.05, 3.63) is 22.6 Å². The molecule has 0 aromatic carbocycles. The molecular formula is C13H21BrN2O2. The topological polar surface area (TPSA) is 54.3 Å². The van der Waals surface area contributed by atoms with Crippen molar-refractivity contribution < 1.29 is 9.21 Å². The average Bonchev–Trinajstić information content (AvgIpc) is 2.73. The third-order valence-corrected chi connectivity index (χ3v) is 2.96. The second-order valence-corrected chi connectivity index (χ2v) is 5.55. The van der Waals surface area contributed by atoms with Crippen molar-refractivity contribution in [2.45, 2.75) is 33.2 Å². The van der Waals surface area contributed by atoms with Crippen LogP contribution in [0.4, 0.5) is 0 Å². The Labute approximate surface area is 117 Å². The Balaban J connectivity index is 2.19. The van der Waals surface area contributed by atoms with Gasteiger partial charge >= 0.3 is 0 Å². The summed E-state index contributed by atoms with van der Waals surface area (Å²) in [6.45, 7) is 7.55.